The molecule has 2 heterocycles. The number of halogens is 1. The molecule has 0 saturated heterocycles. The van der Waals surface area contributed by atoms with Crippen LogP contribution in [0.3, 0.4) is 0 Å². The summed E-state index contributed by atoms with van der Waals surface area (Å²) in [5, 5.41) is 0. The molecular weight excluding hydrogens is 268 g/mol. The molecule has 3 nitrogen and oxygen atoms in total. The maximum Gasteiger partial charge on any atom is 0.227 e. The van der Waals surface area contributed by atoms with Gasteiger partial charge in [-0.05, 0) is 15.9 Å². The van der Waals surface area contributed by atoms with Crippen LogP contribution < -0.4 is 0 Å². The van der Waals surface area contributed by atoms with E-state index in [9.17, 15) is 0 Å². The van der Waals surface area contributed by atoms with Gasteiger partial charge >= 0.3 is 0 Å². The number of fused-ring (bicyclic) bond motifs is 1. The number of aliphatic imine (C=N–C) groups is 1. The van der Waals surface area contributed by atoms with Gasteiger partial charge < -0.3 is 4.42 Å². The Balaban J connectivity index is 1.94. The number of hydrogen-bond donors (Lipinski definition) is 0. The predicted molar refractivity (Wildman–Crippen MR) is 65.9 cm³/mol. The molecule has 2 atom stereocenters. The van der Waals surface area contributed by atoms with Crippen molar-refractivity contribution in [3.05, 3.63) is 47.3 Å². The summed E-state index contributed by atoms with van der Waals surface area (Å²) in [7, 11) is 0. The summed E-state index contributed by atoms with van der Waals surface area (Å²) in [4.78, 5) is 8.32. The average molecular weight is 277 g/mol. The Labute approximate surface area is 101 Å². The molecule has 1 aromatic heterocycles. The Bertz CT molecular complexity index is 525. The fraction of sp³-hybridized carbons (Fsp3) is 0.167. The number of hydrogen-bond acceptors (Lipinski definition) is 3. The Morgan fingerprint density at radius 3 is 3.00 bits per heavy atom. The van der Waals surface area contributed by atoms with Crippen LogP contribution in [0, 0.1) is 11.8 Å². The van der Waals surface area contributed by atoms with E-state index in [4.69, 9.17) is 4.42 Å². The molecule has 1 aliphatic heterocycles. The van der Waals surface area contributed by atoms with E-state index in [0.717, 1.165) is 5.57 Å². The molecular formula is C12H9BrN2O. The van der Waals surface area contributed by atoms with E-state index in [-0.39, 0.29) is 0 Å². The highest BCUT2D eigenvalue weighted by atomic mass is 79.9. The average Bonchev–Trinajstić information content (AvgIpc) is 2.75. The normalized spacial score (nSPS) is 26.7. The molecule has 0 radical (unpaired) electrons. The maximum absolute atomic E-state index is 5.43. The highest BCUT2D eigenvalue weighted by Gasteiger charge is 2.20. The van der Waals surface area contributed by atoms with E-state index in [1.165, 1.54) is 0 Å². The van der Waals surface area contributed by atoms with Gasteiger partial charge in [0.25, 0.3) is 0 Å². The van der Waals surface area contributed by atoms with Gasteiger partial charge in [0.2, 0.25) is 5.89 Å². The third-order valence-corrected chi connectivity index (χ3v) is 3.06. The molecule has 4 heteroatoms. The van der Waals surface area contributed by atoms with Crippen LogP contribution in [0.15, 0.2) is 50.8 Å². The van der Waals surface area contributed by atoms with Crippen LogP contribution in [0.5, 0.6) is 0 Å². The molecule has 0 saturated carbocycles. The number of oxazole rings is 1. The van der Waals surface area contributed by atoms with Gasteiger partial charge in [0.15, 0.2) is 4.67 Å². The molecule has 1 aromatic rings. The first-order chi connectivity index (χ1) is 7.83. The summed E-state index contributed by atoms with van der Waals surface area (Å²) in [5.41, 5.74) is 1.02. The topological polar surface area (TPSA) is 38.4 Å². The molecule has 0 aromatic carbocycles. The molecule has 16 heavy (non-hydrogen) atoms. The van der Waals surface area contributed by atoms with Gasteiger partial charge in [0.05, 0.1) is 6.20 Å². The van der Waals surface area contributed by atoms with E-state index >= 15 is 0 Å². The lowest BCUT2D eigenvalue weighted by Crippen LogP contribution is -2.15. The summed E-state index contributed by atoms with van der Waals surface area (Å²) >= 11 is 3.25. The van der Waals surface area contributed by atoms with E-state index < -0.39 is 0 Å². The second-order valence-electron chi connectivity index (χ2n) is 3.75. The highest BCUT2D eigenvalue weighted by molar-refractivity contribution is 9.10. The fourth-order valence-corrected chi connectivity index (χ4v) is 2.13. The van der Waals surface area contributed by atoms with Crippen LogP contribution in [0.4, 0.5) is 0 Å². The van der Waals surface area contributed by atoms with Crippen molar-refractivity contribution in [1.29, 1.82) is 0 Å². The van der Waals surface area contributed by atoms with Gasteiger partial charge in [0, 0.05) is 29.8 Å². The zero-order valence-electron chi connectivity index (χ0n) is 8.38. The second kappa shape index (κ2) is 3.87. The first-order valence-corrected chi connectivity index (χ1v) is 5.84. The molecule has 0 spiro atoms. The monoisotopic (exact) mass is 276 g/mol. The van der Waals surface area contributed by atoms with Crippen molar-refractivity contribution in [1.82, 2.24) is 4.98 Å². The fourth-order valence-electron chi connectivity index (χ4n) is 1.88. The van der Waals surface area contributed by atoms with Crippen molar-refractivity contribution in [2.75, 3.05) is 0 Å². The summed E-state index contributed by atoms with van der Waals surface area (Å²) in [6, 6.07) is 0. The van der Waals surface area contributed by atoms with Crippen molar-refractivity contribution < 1.29 is 4.42 Å². The first kappa shape index (κ1) is 9.78. The number of allylic oxidation sites excluding steroid dienone is 5. The van der Waals surface area contributed by atoms with Crippen LogP contribution in [0.1, 0.15) is 5.89 Å². The highest BCUT2D eigenvalue weighted by Crippen LogP contribution is 2.30. The van der Waals surface area contributed by atoms with Gasteiger partial charge in [-0.15, -0.1) is 0 Å². The number of nitrogens with zero attached hydrogens (tertiary/aromatic N) is 2. The second-order valence-corrected chi connectivity index (χ2v) is 4.53. The van der Waals surface area contributed by atoms with Crippen LogP contribution in [0.2, 0.25) is 0 Å². The molecule has 2 aliphatic rings. The van der Waals surface area contributed by atoms with E-state index in [1.54, 1.807) is 6.20 Å². The third kappa shape index (κ3) is 1.69. The lowest BCUT2D eigenvalue weighted by molar-refractivity contribution is 0.518. The van der Waals surface area contributed by atoms with Crippen LogP contribution in [-0.4, -0.2) is 11.2 Å². The molecule has 80 valence electrons. The van der Waals surface area contributed by atoms with Gasteiger partial charge in [-0.25, -0.2) is 4.98 Å². The SMILES string of the molecule is Brc1cnc(C2=CC3C=CN=CC3C=C2)o1. The first-order valence-electron chi connectivity index (χ1n) is 5.04. The van der Waals surface area contributed by atoms with Crippen molar-refractivity contribution in [3.8, 4) is 0 Å². The van der Waals surface area contributed by atoms with Gasteiger partial charge in [-0.1, -0.05) is 24.3 Å². The summed E-state index contributed by atoms with van der Waals surface area (Å²) < 4.78 is 6.08. The number of aromatic nitrogens is 1. The minimum absolute atomic E-state index is 0.364. The van der Waals surface area contributed by atoms with Crippen molar-refractivity contribution in [3.63, 3.8) is 0 Å². The van der Waals surface area contributed by atoms with Crippen molar-refractivity contribution in [2.24, 2.45) is 16.8 Å². The molecule has 0 bridgehead atoms. The Morgan fingerprint density at radius 2 is 2.19 bits per heavy atom. The molecule has 2 unspecified atom stereocenters. The van der Waals surface area contributed by atoms with Crippen LogP contribution in [-0.2, 0) is 0 Å². The van der Waals surface area contributed by atoms with Crippen LogP contribution in [0.25, 0.3) is 5.57 Å². The van der Waals surface area contributed by atoms with Gasteiger partial charge in [-0.2, -0.15) is 0 Å². The summed E-state index contributed by atoms with van der Waals surface area (Å²) in [6.45, 7) is 0. The summed E-state index contributed by atoms with van der Waals surface area (Å²) in [5.74, 6) is 1.38. The van der Waals surface area contributed by atoms with Gasteiger partial charge in [0.1, 0.15) is 0 Å². The third-order valence-electron chi connectivity index (χ3n) is 2.69. The lowest BCUT2D eigenvalue weighted by Gasteiger charge is -2.21. The summed E-state index contributed by atoms with van der Waals surface area (Å²) in [6.07, 6.45) is 13.9. The Kier molecular flexibility index (Phi) is 2.36. The molecule has 0 amide bonds. The smallest absolute Gasteiger partial charge is 0.227 e. The largest absolute Gasteiger partial charge is 0.429 e. The zero-order chi connectivity index (χ0) is 11.0. The van der Waals surface area contributed by atoms with Gasteiger partial charge in [-0.3, -0.25) is 4.99 Å². The molecule has 0 fully saturated rings. The van der Waals surface area contributed by atoms with Crippen molar-refractivity contribution in [2.45, 2.75) is 0 Å². The van der Waals surface area contributed by atoms with E-state index in [0.29, 0.717) is 22.4 Å². The predicted octanol–water partition coefficient (Wildman–Crippen LogP) is 3.22. The Hall–Kier alpha value is -1.42. The maximum atomic E-state index is 5.43. The molecule has 0 N–H and O–H groups in total. The quantitative estimate of drug-likeness (QED) is 0.790. The molecule has 1 aliphatic carbocycles. The number of rotatable bonds is 1. The molecule has 3 rings (SSSR count). The standard InChI is InChI=1S/C12H9BrN2O/c13-11-7-15-12(16-11)9-1-2-10-6-14-4-3-8(10)5-9/h1-8,10H. The van der Waals surface area contributed by atoms with E-state index in [1.807, 2.05) is 18.5 Å². The van der Waals surface area contributed by atoms with Crippen LogP contribution >= 0.6 is 15.9 Å². The minimum atomic E-state index is 0.364. The lowest BCUT2D eigenvalue weighted by atomic mass is 9.85. The Morgan fingerprint density at radius 1 is 1.25 bits per heavy atom. The minimum Gasteiger partial charge on any atom is -0.429 e. The van der Waals surface area contributed by atoms with Crippen molar-refractivity contribution >= 4 is 27.7 Å². The zero-order valence-corrected chi connectivity index (χ0v) is 9.96. The van der Waals surface area contributed by atoms with E-state index in [2.05, 4.69) is 44.1 Å².